The summed E-state index contributed by atoms with van der Waals surface area (Å²) in [7, 11) is 1.66. The third-order valence-electron chi connectivity index (χ3n) is 4.99. The van der Waals surface area contributed by atoms with Crippen molar-refractivity contribution in [3.05, 3.63) is 70.8 Å². The molecule has 0 aromatic heterocycles. The molecule has 3 amide bonds. The molecule has 3 rings (SSSR count). The number of nitrogens with zero attached hydrogens (tertiary/aromatic N) is 2. The lowest BCUT2D eigenvalue weighted by Gasteiger charge is -2.16. The van der Waals surface area contributed by atoms with Crippen molar-refractivity contribution in [1.29, 1.82) is 0 Å². The van der Waals surface area contributed by atoms with Gasteiger partial charge < -0.3 is 9.64 Å². The second kappa shape index (κ2) is 9.35. The molecule has 2 aromatic carbocycles. The fourth-order valence-corrected chi connectivity index (χ4v) is 3.17. The Hall–Kier alpha value is -3.48. The van der Waals surface area contributed by atoms with E-state index in [0.717, 1.165) is 23.3 Å². The predicted molar refractivity (Wildman–Crippen MR) is 110 cm³/mol. The lowest BCUT2D eigenvalue weighted by Crippen LogP contribution is -2.32. The summed E-state index contributed by atoms with van der Waals surface area (Å²) in [4.78, 5) is 52.4. The highest BCUT2D eigenvalue weighted by Gasteiger charge is 2.36. The van der Waals surface area contributed by atoms with Crippen LogP contribution in [0.5, 0.6) is 0 Å². The van der Waals surface area contributed by atoms with E-state index in [0.29, 0.717) is 6.54 Å². The van der Waals surface area contributed by atoms with Crippen LogP contribution in [-0.2, 0) is 16.1 Å². The number of benzene rings is 2. The second-order valence-electron chi connectivity index (χ2n) is 7.19. The summed E-state index contributed by atoms with van der Waals surface area (Å²) in [6.07, 6.45) is 1.83. The maximum Gasteiger partial charge on any atom is 0.338 e. The fraction of sp³-hybridized carbons (Fsp3) is 0.304. The number of ether oxygens (including phenoxy) is 1. The molecule has 30 heavy (non-hydrogen) atoms. The van der Waals surface area contributed by atoms with Gasteiger partial charge in [0.25, 0.3) is 17.7 Å². The molecule has 0 radical (unpaired) electrons. The van der Waals surface area contributed by atoms with Crippen molar-refractivity contribution in [3.63, 3.8) is 0 Å². The molecule has 0 N–H and O–H groups in total. The Labute approximate surface area is 175 Å². The summed E-state index contributed by atoms with van der Waals surface area (Å²) in [5.74, 6) is -1.86. The van der Waals surface area contributed by atoms with Crippen LogP contribution in [0.3, 0.4) is 0 Å². The Morgan fingerprint density at radius 1 is 1.00 bits per heavy atom. The highest BCUT2D eigenvalue weighted by Crippen LogP contribution is 2.26. The van der Waals surface area contributed by atoms with Crippen LogP contribution in [0, 0.1) is 0 Å². The number of hydrogen-bond donors (Lipinski definition) is 0. The molecular weight excluding hydrogens is 384 g/mol. The quantitative estimate of drug-likeness (QED) is 0.495. The highest BCUT2D eigenvalue weighted by molar-refractivity contribution is 6.21. The number of imide groups is 1. The number of hydrogen-bond acceptors (Lipinski definition) is 5. The molecule has 0 aliphatic carbocycles. The average molecular weight is 408 g/mol. The summed E-state index contributed by atoms with van der Waals surface area (Å²) >= 11 is 0. The van der Waals surface area contributed by atoms with Gasteiger partial charge in [0.15, 0.2) is 6.61 Å². The smallest absolute Gasteiger partial charge is 0.338 e. The zero-order valence-electron chi connectivity index (χ0n) is 17.1. The van der Waals surface area contributed by atoms with Crippen LogP contribution in [0.4, 0.5) is 0 Å². The van der Waals surface area contributed by atoms with E-state index in [4.69, 9.17) is 4.74 Å². The van der Waals surface area contributed by atoms with Gasteiger partial charge in [-0.2, -0.15) is 0 Å². The van der Waals surface area contributed by atoms with Crippen LogP contribution < -0.4 is 0 Å². The topological polar surface area (TPSA) is 84.0 Å². The number of carbonyl (C=O) groups excluding carboxylic acids is 4. The Morgan fingerprint density at radius 3 is 2.40 bits per heavy atom. The maximum atomic E-state index is 12.7. The first-order valence-electron chi connectivity index (χ1n) is 9.87. The molecule has 1 aliphatic rings. The zero-order valence-corrected chi connectivity index (χ0v) is 17.1. The molecule has 0 saturated carbocycles. The fourth-order valence-electron chi connectivity index (χ4n) is 3.17. The van der Waals surface area contributed by atoms with Gasteiger partial charge in [-0.3, -0.25) is 19.3 Å². The molecule has 1 heterocycles. The van der Waals surface area contributed by atoms with Gasteiger partial charge in [0.05, 0.1) is 23.2 Å². The second-order valence-corrected chi connectivity index (χ2v) is 7.19. The van der Waals surface area contributed by atoms with Gasteiger partial charge in [0, 0.05) is 13.6 Å². The van der Waals surface area contributed by atoms with Gasteiger partial charge in [-0.25, -0.2) is 4.79 Å². The zero-order chi connectivity index (χ0) is 21.7. The Balaban J connectivity index is 1.67. The molecule has 0 atom stereocenters. The third kappa shape index (κ3) is 4.56. The van der Waals surface area contributed by atoms with Crippen LogP contribution in [0.25, 0.3) is 0 Å². The van der Waals surface area contributed by atoms with Crippen LogP contribution in [0.15, 0.2) is 48.5 Å². The van der Waals surface area contributed by atoms with Gasteiger partial charge in [-0.1, -0.05) is 43.7 Å². The summed E-state index contributed by atoms with van der Waals surface area (Å²) in [5, 5.41) is 0. The average Bonchev–Trinajstić information content (AvgIpc) is 3.00. The van der Waals surface area contributed by atoms with Crippen molar-refractivity contribution in [2.75, 3.05) is 20.2 Å². The summed E-state index contributed by atoms with van der Waals surface area (Å²) in [6.45, 7) is 2.41. The molecule has 0 saturated heterocycles. The Bertz CT molecular complexity index is 971. The first kappa shape index (κ1) is 21.2. The number of fused-ring (bicyclic) bond motifs is 1. The third-order valence-corrected chi connectivity index (χ3v) is 4.99. The standard InChI is InChI=1S/C23H24N2O5/c1-3-4-12-24(2)20(26)15-30-23(29)17-10-11-18-19(13-17)22(28)25(21(18)27)14-16-8-6-5-7-9-16/h5-11,13H,3-4,12,14-15H2,1-2H3. The van der Waals surface area contributed by atoms with Crippen molar-refractivity contribution in [3.8, 4) is 0 Å². The van der Waals surface area contributed by atoms with Gasteiger partial charge >= 0.3 is 5.97 Å². The molecule has 0 fully saturated rings. The summed E-state index contributed by atoms with van der Waals surface area (Å²) in [6, 6.07) is 13.4. The normalized spacial score (nSPS) is 12.7. The van der Waals surface area contributed by atoms with Gasteiger partial charge in [0.2, 0.25) is 0 Å². The summed E-state index contributed by atoms with van der Waals surface area (Å²) in [5.41, 5.74) is 1.37. The van der Waals surface area contributed by atoms with E-state index in [1.807, 2.05) is 37.3 Å². The predicted octanol–water partition coefficient (Wildman–Crippen LogP) is 2.90. The number of unbranched alkanes of at least 4 members (excludes halogenated alkanes) is 1. The molecule has 1 aliphatic heterocycles. The minimum atomic E-state index is -0.711. The van der Waals surface area contributed by atoms with E-state index in [2.05, 4.69) is 0 Å². The lowest BCUT2D eigenvalue weighted by molar-refractivity contribution is -0.133. The maximum absolute atomic E-state index is 12.7. The number of carbonyl (C=O) groups is 4. The van der Waals surface area contributed by atoms with E-state index in [1.165, 1.54) is 23.1 Å². The molecule has 7 heteroatoms. The minimum absolute atomic E-state index is 0.125. The SMILES string of the molecule is CCCCN(C)C(=O)COC(=O)c1ccc2c(c1)C(=O)N(Cc1ccccc1)C2=O. The molecule has 0 spiro atoms. The molecule has 7 nitrogen and oxygen atoms in total. The summed E-state index contributed by atoms with van der Waals surface area (Å²) < 4.78 is 5.10. The number of rotatable bonds is 8. The minimum Gasteiger partial charge on any atom is -0.452 e. The van der Waals surface area contributed by atoms with Crippen molar-refractivity contribution >= 4 is 23.7 Å². The van der Waals surface area contributed by atoms with E-state index in [1.54, 1.807) is 7.05 Å². The van der Waals surface area contributed by atoms with E-state index < -0.39 is 17.8 Å². The number of likely N-dealkylation sites (N-methyl/N-ethyl adjacent to an activating group) is 1. The molecular formula is C23H24N2O5. The van der Waals surface area contributed by atoms with Gasteiger partial charge in [-0.15, -0.1) is 0 Å². The van der Waals surface area contributed by atoms with Crippen molar-refractivity contribution < 1.29 is 23.9 Å². The van der Waals surface area contributed by atoms with Crippen LogP contribution in [0.2, 0.25) is 0 Å². The largest absolute Gasteiger partial charge is 0.452 e. The highest BCUT2D eigenvalue weighted by atomic mass is 16.5. The lowest BCUT2D eigenvalue weighted by atomic mass is 10.1. The number of esters is 1. The number of amides is 3. The van der Waals surface area contributed by atoms with E-state index in [-0.39, 0.29) is 35.7 Å². The van der Waals surface area contributed by atoms with E-state index >= 15 is 0 Å². The van der Waals surface area contributed by atoms with Crippen LogP contribution in [0.1, 0.15) is 56.4 Å². The molecule has 156 valence electrons. The van der Waals surface area contributed by atoms with Gasteiger partial charge in [0.1, 0.15) is 0 Å². The first-order valence-corrected chi connectivity index (χ1v) is 9.87. The van der Waals surface area contributed by atoms with Crippen molar-refractivity contribution in [2.45, 2.75) is 26.3 Å². The van der Waals surface area contributed by atoms with Crippen LogP contribution in [-0.4, -0.2) is 53.7 Å². The van der Waals surface area contributed by atoms with Crippen LogP contribution >= 0.6 is 0 Å². The van der Waals surface area contributed by atoms with E-state index in [9.17, 15) is 19.2 Å². The van der Waals surface area contributed by atoms with Crippen molar-refractivity contribution in [1.82, 2.24) is 9.80 Å². The molecule has 0 bridgehead atoms. The molecule has 0 unspecified atom stereocenters. The Morgan fingerprint density at radius 2 is 1.70 bits per heavy atom. The first-order chi connectivity index (χ1) is 14.4. The van der Waals surface area contributed by atoms with Gasteiger partial charge in [-0.05, 0) is 30.2 Å². The molecule has 2 aromatic rings. The monoisotopic (exact) mass is 408 g/mol. The Kier molecular flexibility index (Phi) is 6.61. The van der Waals surface area contributed by atoms with Crippen molar-refractivity contribution in [2.24, 2.45) is 0 Å².